The van der Waals surface area contributed by atoms with E-state index < -0.39 is 0 Å². The topological polar surface area (TPSA) is 38.5 Å². The summed E-state index contributed by atoms with van der Waals surface area (Å²) < 4.78 is 5.75. The van der Waals surface area contributed by atoms with Crippen LogP contribution < -0.4 is 5.73 Å². The fourth-order valence-electron chi connectivity index (χ4n) is 3.35. The van der Waals surface area contributed by atoms with Crippen molar-refractivity contribution in [1.82, 2.24) is 4.90 Å². The Balaban J connectivity index is 2.86. The van der Waals surface area contributed by atoms with Gasteiger partial charge in [0.1, 0.15) is 0 Å². The van der Waals surface area contributed by atoms with Crippen molar-refractivity contribution in [3.63, 3.8) is 0 Å². The van der Waals surface area contributed by atoms with E-state index in [4.69, 9.17) is 10.5 Å². The summed E-state index contributed by atoms with van der Waals surface area (Å²) in [6.45, 7) is 7.51. The number of hydrogen-bond donors (Lipinski definition) is 1. The highest BCUT2D eigenvalue weighted by Crippen LogP contribution is 2.35. The third-order valence-corrected chi connectivity index (χ3v) is 4.18. The summed E-state index contributed by atoms with van der Waals surface area (Å²) in [6.07, 6.45) is 7.64. The van der Waals surface area contributed by atoms with Crippen LogP contribution in [0.1, 0.15) is 52.4 Å². The molecule has 0 aromatic carbocycles. The van der Waals surface area contributed by atoms with Gasteiger partial charge in [-0.1, -0.05) is 26.7 Å². The molecule has 0 aromatic heterocycles. The molecule has 0 bridgehead atoms. The molecule has 2 unspecified atom stereocenters. The molecule has 1 fully saturated rings. The van der Waals surface area contributed by atoms with Gasteiger partial charge in [0.05, 0.1) is 11.6 Å². The minimum Gasteiger partial charge on any atom is -0.379 e. The number of ether oxygens (including phenoxy) is 1. The zero-order valence-corrected chi connectivity index (χ0v) is 11.9. The number of hydrogen-bond acceptors (Lipinski definition) is 3. The summed E-state index contributed by atoms with van der Waals surface area (Å²) in [5.74, 6) is 0. The molecule has 102 valence electrons. The van der Waals surface area contributed by atoms with Crippen LogP contribution >= 0.6 is 0 Å². The maximum atomic E-state index is 6.14. The molecule has 0 spiro atoms. The van der Waals surface area contributed by atoms with Gasteiger partial charge < -0.3 is 10.5 Å². The molecule has 1 aliphatic carbocycles. The summed E-state index contributed by atoms with van der Waals surface area (Å²) in [5, 5.41) is 0. The summed E-state index contributed by atoms with van der Waals surface area (Å²) in [4.78, 5) is 2.60. The Labute approximate surface area is 107 Å². The average molecular weight is 242 g/mol. The molecule has 2 atom stereocenters. The van der Waals surface area contributed by atoms with Gasteiger partial charge in [-0.3, -0.25) is 4.90 Å². The van der Waals surface area contributed by atoms with Gasteiger partial charge in [-0.2, -0.15) is 0 Å². The number of methoxy groups -OCH3 is 1. The number of nitrogens with two attached hydrogens (primary N) is 1. The largest absolute Gasteiger partial charge is 0.379 e. The number of rotatable bonds is 7. The minimum atomic E-state index is 0.0962. The van der Waals surface area contributed by atoms with Gasteiger partial charge in [0.15, 0.2) is 0 Å². The van der Waals surface area contributed by atoms with E-state index in [9.17, 15) is 0 Å². The standard InChI is InChI=1S/C14H30N2O/c1-4-10-16(11-5-2)14(12-15)9-7-6-8-13(14)17-3/h13H,4-12,15H2,1-3H3. The molecule has 0 radical (unpaired) electrons. The molecule has 1 saturated carbocycles. The van der Waals surface area contributed by atoms with Crippen LogP contribution in [0.5, 0.6) is 0 Å². The van der Waals surface area contributed by atoms with E-state index in [1.54, 1.807) is 0 Å². The van der Waals surface area contributed by atoms with Gasteiger partial charge in [0, 0.05) is 13.7 Å². The van der Waals surface area contributed by atoms with E-state index in [-0.39, 0.29) is 5.54 Å². The first kappa shape index (κ1) is 14.9. The average Bonchev–Trinajstić information content (AvgIpc) is 2.38. The molecule has 1 aliphatic rings. The van der Waals surface area contributed by atoms with Crippen LogP contribution in [0.4, 0.5) is 0 Å². The molecule has 3 nitrogen and oxygen atoms in total. The highest BCUT2D eigenvalue weighted by atomic mass is 16.5. The predicted molar refractivity (Wildman–Crippen MR) is 73.2 cm³/mol. The first-order valence-corrected chi connectivity index (χ1v) is 7.23. The molecule has 3 heteroatoms. The molecule has 1 rings (SSSR count). The van der Waals surface area contributed by atoms with E-state index in [0.29, 0.717) is 6.10 Å². The van der Waals surface area contributed by atoms with Crippen molar-refractivity contribution in [3.8, 4) is 0 Å². The van der Waals surface area contributed by atoms with Crippen LogP contribution in [0.2, 0.25) is 0 Å². The van der Waals surface area contributed by atoms with E-state index in [2.05, 4.69) is 18.7 Å². The lowest BCUT2D eigenvalue weighted by Crippen LogP contribution is -2.63. The highest BCUT2D eigenvalue weighted by Gasteiger charge is 2.43. The second-order valence-corrected chi connectivity index (χ2v) is 5.26. The zero-order chi connectivity index (χ0) is 12.7. The molecule has 0 amide bonds. The van der Waals surface area contributed by atoms with Crippen LogP contribution in [0.3, 0.4) is 0 Å². The van der Waals surface area contributed by atoms with Crippen LogP contribution in [0.25, 0.3) is 0 Å². The first-order chi connectivity index (χ1) is 8.25. The van der Waals surface area contributed by atoms with E-state index in [0.717, 1.165) is 26.1 Å². The summed E-state index contributed by atoms with van der Waals surface area (Å²) >= 11 is 0. The zero-order valence-electron chi connectivity index (χ0n) is 11.9. The Morgan fingerprint density at radius 1 is 1.24 bits per heavy atom. The molecule has 0 aliphatic heterocycles. The third-order valence-electron chi connectivity index (χ3n) is 4.18. The molecular weight excluding hydrogens is 212 g/mol. The molecule has 0 heterocycles. The lowest BCUT2D eigenvalue weighted by atomic mass is 9.77. The fourth-order valence-corrected chi connectivity index (χ4v) is 3.35. The molecule has 17 heavy (non-hydrogen) atoms. The predicted octanol–water partition coefficient (Wildman–Crippen LogP) is 2.39. The second-order valence-electron chi connectivity index (χ2n) is 5.26. The number of nitrogens with zero attached hydrogens (tertiary/aromatic N) is 1. The van der Waals surface area contributed by atoms with Gasteiger partial charge in [-0.25, -0.2) is 0 Å². The van der Waals surface area contributed by atoms with E-state index >= 15 is 0 Å². The Morgan fingerprint density at radius 3 is 2.35 bits per heavy atom. The molecular formula is C14H30N2O. The smallest absolute Gasteiger partial charge is 0.0767 e. The maximum absolute atomic E-state index is 6.14. The van der Waals surface area contributed by atoms with Gasteiger partial charge in [-0.05, 0) is 38.8 Å². The lowest BCUT2D eigenvalue weighted by molar-refractivity contribution is -0.0755. The van der Waals surface area contributed by atoms with Gasteiger partial charge in [0.25, 0.3) is 0 Å². The van der Waals surface area contributed by atoms with Crippen molar-refractivity contribution < 1.29 is 4.74 Å². The Morgan fingerprint density at radius 2 is 1.88 bits per heavy atom. The first-order valence-electron chi connectivity index (χ1n) is 7.23. The Hall–Kier alpha value is -0.120. The molecule has 2 N–H and O–H groups in total. The van der Waals surface area contributed by atoms with Gasteiger partial charge >= 0.3 is 0 Å². The maximum Gasteiger partial charge on any atom is 0.0767 e. The summed E-state index contributed by atoms with van der Waals surface area (Å²) in [5.41, 5.74) is 6.24. The van der Waals surface area contributed by atoms with Gasteiger partial charge in [0.2, 0.25) is 0 Å². The third kappa shape index (κ3) is 3.21. The van der Waals surface area contributed by atoms with Crippen LogP contribution in [0.15, 0.2) is 0 Å². The lowest BCUT2D eigenvalue weighted by Gasteiger charge is -2.50. The Kier molecular flexibility index (Phi) is 6.45. The molecule has 0 saturated heterocycles. The quantitative estimate of drug-likeness (QED) is 0.745. The van der Waals surface area contributed by atoms with Crippen molar-refractivity contribution >= 4 is 0 Å². The minimum absolute atomic E-state index is 0.0962. The normalized spacial score (nSPS) is 29.8. The monoisotopic (exact) mass is 242 g/mol. The Bertz CT molecular complexity index is 204. The van der Waals surface area contributed by atoms with Crippen molar-refractivity contribution in [2.75, 3.05) is 26.7 Å². The van der Waals surface area contributed by atoms with E-state index in [1.165, 1.54) is 32.1 Å². The SMILES string of the molecule is CCCN(CCC)C1(CN)CCCCC1OC. The van der Waals surface area contributed by atoms with Crippen molar-refractivity contribution in [2.24, 2.45) is 5.73 Å². The van der Waals surface area contributed by atoms with Crippen LogP contribution in [0, 0.1) is 0 Å². The fraction of sp³-hybridized carbons (Fsp3) is 1.00. The van der Waals surface area contributed by atoms with E-state index in [1.807, 2.05) is 7.11 Å². The van der Waals surface area contributed by atoms with Crippen LogP contribution in [-0.2, 0) is 4.74 Å². The van der Waals surface area contributed by atoms with Crippen molar-refractivity contribution in [2.45, 2.75) is 64.0 Å². The van der Waals surface area contributed by atoms with Crippen molar-refractivity contribution in [3.05, 3.63) is 0 Å². The summed E-state index contributed by atoms with van der Waals surface area (Å²) in [7, 11) is 1.84. The second kappa shape index (κ2) is 7.34. The summed E-state index contributed by atoms with van der Waals surface area (Å²) in [6, 6.07) is 0. The van der Waals surface area contributed by atoms with Gasteiger partial charge in [-0.15, -0.1) is 0 Å². The molecule has 0 aromatic rings. The highest BCUT2D eigenvalue weighted by molar-refractivity contribution is 5.01. The van der Waals surface area contributed by atoms with Crippen LogP contribution in [-0.4, -0.2) is 43.3 Å². The van der Waals surface area contributed by atoms with Crippen molar-refractivity contribution in [1.29, 1.82) is 0 Å².